The zero-order valence-electron chi connectivity index (χ0n) is 25.6. The van der Waals surface area contributed by atoms with Gasteiger partial charge >= 0.3 is 18.4 Å². The molecule has 0 atom stereocenters. The Morgan fingerprint density at radius 2 is 1.53 bits per heavy atom. The Balaban J connectivity index is 1.12. The van der Waals surface area contributed by atoms with E-state index in [0.29, 0.717) is 34.2 Å². The van der Waals surface area contributed by atoms with E-state index >= 15 is 4.39 Å². The van der Waals surface area contributed by atoms with Gasteiger partial charge in [-0.2, -0.15) is 31.4 Å². The van der Waals surface area contributed by atoms with Gasteiger partial charge in [-0.15, -0.1) is 0 Å². The van der Waals surface area contributed by atoms with Crippen molar-refractivity contribution in [2.45, 2.75) is 37.2 Å². The van der Waals surface area contributed by atoms with Gasteiger partial charge in [0.15, 0.2) is 0 Å². The predicted molar refractivity (Wildman–Crippen MR) is 162 cm³/mol. The lowest BCUT2D eigenvalue weighted by atomic mass is 9.89. The molecule has 3 aromatic carbocycles. The number of hydrogen-bond donors (Lipinski definition) is 2. The number of piperidine rings is 1. The molecule has 2 N–H and O–H groups in total. The van der Waals surface area contributed by atoms with Crippen molar-refractivity contribution in [1.82, 2.24) is 20.0 Å². The number of fused-ring (bicyclic) bond motifs is 1. The summed E-state index contributed by atoms with van der Waals surface area (Å²) in [5.74, 6) is -1.31. The van der Waals surface area contributed by atoms with Crippen molar-refractivity contribution in [3.63, 3.8) is 0 Å². The molecule has 0 bridgehead atoms. The van der Waals surface area contributed by atoms with Gasteiger partial charge in [-0.25, -0.2) is 14.3 Å². The topological polar surface area (TPSA) is 108 Å². The van der Waals surface area contributed by atoms with Gasteiger partial charge in [-0.3, -0.25) is 9.59 Å². The zero-order chi connectivity index (χ0) is 35.1. The standard InChI is InChI=1S/C33H28F7N5O4/c34-26-6-5-19(14-27-23-3-1-2-4-24(23)28(46)43-42-27)13-25(26)29(47)45-11-12-49-31(18-45)7-9-44(10-8-31)30(48)41-22-16-20(32(35,36)37)15-21(17-22)33(38,39)40/h1-6,13,15-17H,7-12,14,18H2,(H,41,48)(H,43,46). The van der Waals surface area contributed by atoms with Crippen molar-refractivity contribution >= 4 is 28.4 Å². The number of anilines is 1. The molecule has 3 amide bonds. The highest BCUT2D eigenvalue weighted by Crippen LogP contribution is 2.38. The van der Waals surface area contributed by atoms with Crippen LogP contribution in [0.1, 0.15) is 45.6 Å². The fraction of sp³-hybridized carbons (Fsp3) is 0.333. The number of likely N-dealkylation sites (tertiary alicyclic amines) is 1. The van der Waals surface area contributed by atoms with Crippen LogP contribution in [0.3, 0.4) is 0 Å². The van der Waals surface area contributed by atoms with Gasteiger partial charge in [0.2, 0.25) is 0 Å². The minimum absolute atomic E-state index is 0.0265. The number of ether oxygens (including phenoxy) is 1. The van der Waals surface area contributed by atoms with Crippen molar-refractivity contribution in [3.05, 3.63) is 105 Å². The fourth-order valence-corrected chi connectivity index (χ4v) is 6.18. The third-order valence-corrected chi connectivity index (χ3v) is 8.74. The number of rotatable bonds is 4. The molecule has 0 aliphatic carbocycles. The fourth-order valence-electron chi connectivity index (χ4n) is 6.18. The number of morpholine rings is 1. The molecule has 2 saturated heterocycles. The number of carbonyl (C=O) groups is 2. The van der Waals surface area contributed by atoms with Crippen LogP contribution >= 0.6 is 0 Å². The van der Waals surface area contributed by atoms with Gasteiger partial charge in [0.05, 0.1) is 46.5 Å². The first kappa shape index (κ1) is 33.9. The van der Waals surface area contributed by atoms with Crippen LogP contribution in [0, 0.1) is 5.82 Å². The highest BCUT2D eigenvalue weighted by Gasteiger charge is 2.43. The maximum atomic E-state index is 15.0. The summed E-state index contributed by atoms with van der Waals surface area (Å²) in [6.45, 7) is 0.417. The van der Waals surface area contributed by atoms with Crippen LogP contribution in [-0.4, -0.2) is 70.3 Å². The second kappa shape index (κ2) is 12.8. The van der Waals surface area contributed by atoms with Crippen LogP contribution in [0.15, 0.2) is 65.5 Å². The lowest BCUT2D eigenvalue weighted by Crippen LogP contribution is -2.59. The summed E-state index contributed by atoms with van der Waals surface area (Å²) in [6, 6.07) is 11.0. The van der Waals surface area contributed by atoms with Crippen LogP contribution in [0.25, 0.3) is 10.8 Å². The minimum Gasteiger partial charge on any atom is -0.371 e. The Morgan fingerprint density at radius 1 is 0.878 bits per heavy atom. The Kier molecular flexibility index (Phi) is 8.85. The number of aromatic amines is 1. The molecule has 4 aromatic rings. The van der Waals surface area contributed by atoms with Gasteiger partial charge in [0, 0.05) is 37.1 Å². The Morgan fingerprint density at radius 3 is 2.18 bits per heavy atom. The zero-order valence-corrected chi connectivity index (χ0v) is 25.6. The van der Waals surface area contributed by atoms with E-state index in [2.05, 4.69) is 15.5 Å². The van der Waals surface area contributed by atoms with Gasteiger partial charge in [-0.05, 0) is 54.8 Å². The lowest BCUT2D eigenvalue weighted by Gasteiger charge is -2.47. The van der Waals surface area contributed by atoms with E-state index in [-0.39, 0.29) is 69.2 Å². The highest BCUT2D eigenvalue weighted by atomic mass is 19.4. The number of aromatic nitrogens is 2. The van der Waals surface area contributed by atoms with E-state index in [0.717, 1.165) is 0 Å². The molecule has 0 saturated carbocycles. The number of hydrogen-bond acceptors (Lipinski definition) is 5. The van der Waals surface area contributed by atoms with Gasteiger partial charge in [0.1, 0.15) is 5.82 Å². The Hall–Kier alpha value is -4.99. The normalized spacial score (nSPS) is 16.6. The number of urea groups is 1. The molecule has 6 rings (SSSR count). The maximum absolute atomic E-state index is 15.0. The second-order valence-corrected chi connectivity index (χ2v) is 12.0. The SMILES string of the molecule is O=C(Nc1cc(C(F)(F)F)cc(C(F)(F)F)c1)N1CCC2(CC1)CN(C(=O)c1cc(Cc3n[nH]c(=O)c4ccccc34)ccc1F)CCO2. The van der Waals surface area contributed by atoms with Crippen LogP contribution in [-0.2, 0) is 23.5 Å². The average Bonchev–Trinajstić information content (AvgIpc) is 3.06. The molecule has 1 spiro atoms. The molecule has 0 unspecified atom stereocenters. The number of H-pyrrole nitrogens is 1. The average molecular weight is 692 g/mol. The van der Waals surface area contributed by atoms with E-state index < -0.39 is 52.5 Å². The van der Waals surface area contributed by atoms with E-state index in [9.17, 15) is 40.7 Å². The minimum atomic E-state index is -5.07. The van der Waals surface area contributed by atoms with Crippen molar-refractivity contribution in [2.24, 2.45) is 0 Å². The van der Waals surface area contributed by atoms with E-state index in [1.165, 1.54) is 28.0 Å². The van der Waals surface area contributed by atoms with Crippen LogP contribution in [0.2, 0.25) is 0 Å². The number of nitrogens with zero attached hydrogens (tertiary/aromatic N) is 3. The molecule has 258 valence electrons. The number of amides is 3. The summed E-state index contributed by atoms with van der Waals surface area (Å²) in [6.07, 6.45) is -9.53. The summed E-state index contributed by atoms with van der Waals surface area (Å²) in [7, 11) is 0. The Bertz CT molecular complexity index is 1940. The van der Waals surface area contributed by atoms with Gasteiger partial charge < -0.3 is 19.9 Å². The van der Waals surface area contributed by atoms with Gasteiger partial charge in [0.25, 0.3) is 11.5 Å². The molecule has 16 heteroatoms. The smallest absolute Gasteiger partial charge is 0.371 e. The Labute approximate surface area is 273 Å². The van der Waals surface area contributed by atoms with Crippen molar-refractivity contribution < 1.29 is 45.1 Å². The molecule has 2 fully saturated rings. The predicted octanol–water partition coefficient (Wildman–Crippen LogP) is 6.23. The first-order valence-electron chi connectivity index (χ1n) is 15.2. The van der Waals surface area contributed by atoms with E-state index in [1.54, 1.807) is 24.3 Å². The van der Waals surface area contributed by atoms with Crippen LogP contribution in [0.4, 0.5) is 41.2 Å². The quantitative estimate of drug-likeness (QED) is 0.247. The van der Waals surface area contributed by atoms with Crippen molar-refractivity contribution in [2.75, 3.05) is 38.1 Å². The van der Waals surface area contributed by atoms with Gasteiger partial charge in [-0.1, -0.05) is 24.3 Å². The first-order valence-corrected chi connectivity index (χ1v) is 15.2. The number of carbonyl (C=O) groups excluding carboxylic acids is 2. The number of halogens is 7. The lowest BCUT2D eigenvalue weighted by molar-refractivity contribution is -0.143. The molecule has 2 aliphatic rings. The third-order valence-electron chi connectivity index (χ3n) is 8.74. The molecule has 49 heavy (non-hydrogen) atoms. The first-order chi connectivity index (χ1) is 23.1. The molecule has 1 aromatic heterocycles. The van der Waals surface area contributed by atoms with E-state index in [1.807, 2.05) is 0 Å². The monoisotopic (exact) mass is 691 g/mol. The highest BCUT2D eigenvalue weighted by molar-refractivity contribution is 5.95. The number of alkyl halides is 6. The second-order valence-electron chi connectivity index (χ2n) is 12.0. The maximum Gasteiger partial charge on any atom is 0.416 e. The number of nitrogens with one attached hydrogen (secondary N) is 2. The van der Waals surface area contributed by atoms with Crippen molar-refractivity contribution in [1.29, 1.82) is 0 Å². The molecular formula is C33H28F7N5O4. The summed E-state index contributed by atoms with van der Waals surface area (Å²) in [4.78, 5) is 41.4. The molecular weight excluding hydrogens is 663 g/mol. The summed E-state index contributed by atoms with van der Waals surface area (Å²) in [5.41, 5.74) is -4.08. The number of benzene rings is 3. The van der Waals surface area contributed by atoms with E-state index in [4.69, 9.17) is 4.74 Å². The van der Waals surface area contributed by atoms with Crippen LogP contribution in [0.5, 0.6) is 0 Å². The molecule has 0 radical (unpaired) electrons. The summed E-state index contributed by atoms with van der Waals surface area (Å²) in [5, 5.41) is 9.81. The summed E-state index contributed by atoms with van der Waals surface area (Å²) < 4.78 is 101. The van der Waals surface area contributed by atoms with Crippen molar-refractivity contribution in [3.8, 4) is 0 Å². The van der Waals surface area contributed by atoms with Crippen LogP contribution < -0.4 is 10.9 Å². The molecule has 2 aliphatic heterocycles. The largest absolute Gasteiger partial charge is 0.416 e. The summed E-state index contributed by atoms with van der Waals surface area (Å²) >= 11 is 0. The molecule has 3 heterocycles. The third kappa shape index (κ3) is 7.23. The molecule has 9 nitrogen and oxygen atoms in total.